The molecule has 3 aliphatic rings. The van der Waals surface area contributed by atoms with Crippen LogP contribution in [0.25, 0.3) is 0 Å². The summed E-state index contributed by atoms with van der Waals surface area (Å²) in [6.45, 7) is 5.01. The Morgan fingerprint density at radius 2 is 1.65 bits per heavy atom. The van der Waals surface area contributed by atoms with Crippen molar-refractivity contribution >= 4 is 30.6 Å². The van der Waals surface area contributed by atoms with Gasteiger partial charge in [0, 0.05) is 31.6 Å². The lowest BCUT2D eigenvalue weighted by Crippen LogP contribution is -2.61. The lowest BCUT2D eigenvalue weighted by molar-refractivity contribution is -0.131. The van der Waals surface area contributed by atoms with E-state index in [1.54, 1.807) is 0 Å². The van der Waals surface area contributed by atoms with E-state index in [0.29, 0.717) is 17.7 Å². The minimum Gasteiger partial charge on any atom is -0.317 e. The van der Waals surface area contributed by atoms with E-state index in [1.807, 2.05) is 0 Å². The number of ketones is 1. The van der Waals surface area contributed by atoms with Crippen molar-refractivity contribution in [3.05, 3.63) is 0 Å². The average molecular weight is 324 g/mol. The smallest absolute Gasteiger partial charge is 0.154 e. The monoisotopic (exact) mass is 323 g/mol. The number of piperidine rings is 1. The van der Waals surface area contributed by atoms with Crippen molar-refractivity contribution in [1.82, 2.24) is 15.5 Å². The van der Waals surface area contributed by atoms with Gasteiger partial charge in [0.25, 0.3) is 0 Å². The second-order valence-electron chi connectivity index (χ2n) is 5.97. The SMILES string of the molecule is Cl.Cl.O=C(C1CCNCC1)C1CNCCN1C1CCC1. The van der Waals surface area contributed by atoms with Crippen LogP contribution in [0.2, 0.25) is 0 Å². The van der Waals surface area contributed by atoms with E-state index in [0.717, 1.165) is 45.6 Å². The molecule has 0 aromatic carbocycles. The van der Waals surface area contributed by atoms with Gasteiger partial charge in [-0.1, -0.05) is 6.42 Å². The zero-order valence-corrected chi connectivity index (χ0v) is 13.6. The molecule has 2 saturated heterocycles. The minimum absolute atomic E-state index is 0. The Kier molecular flexibility index (Phi) is 7.77. The lowest BCUT2D eigenvalue weighted by atomic mass is 9.84. The first-order valence-corrected chi connectivity index (χ1v) is 7.57. The molecule has 0 amide bonds. The molecule has 6 heteroatoms. The van der Waals surface area contributed by atoms with Gasteiger partial charge in [-0.3, -0.25) is 9.69 Å². The van der Waals surface area contributed by atoms with Gasteiger partial charge in [0.2, 0.25) is 0 Å². The first-order valence-electron chi connectivity index (χ1n) is 7.57. The van der Waals surface area contributed by atoms with Gasteiger partial charge < -0.3 is 10.6 Å². The number of rotatable bonds is 3. The highest BCUT2D eigenvalue weighted by Gasteiger charge is 2.38. The number of piperazine rings is 1. The third kappa shape index (κ3) is 3.86. The van der Waals surface area contributed by atoms with Crippen LogP contribution in [-0.2, 0) is 4.79 Å². The maximum Gasteiger partial charge on any atom is 0.154 e. The predicted molar refractivity (Wildman–Crippen MR) is 86.1 cm³/mol. The van der Waals surface area contributed by atoms with Gasteiger partial charge >= 0.3 is 0 Å². The summed E-state index contributed by atoms with van der Waals surface area (Å²) >= 11 is 0. The van der Waals surface area contributed by atoms with E-state index in [9.17, 15) is 4.79 Å². The fourth-order valence-electron chi connectivity index (χ4n) is 3.52. The summed E-state index contributed by atoms with van der Waals surface area (Å²) in [6, 6.07) is 0.856. The number of carbonyl (C=O) groups is 1. The van der Waals surface area contributed by atoms with E-state index in [4.69, 9.17) is 0 Å². The first kappa shape index (κ1) is 18.2. The van der Waals surface area contributed by atoms with E-state index in [2.05, 4.69) is 15.5 Å². The largest absolute Gasteiger partial charge is 0.317 e. The summed E-state index contributed by atoms with van der Waals surface area (Å²) < 4.78 is 0. The van der Waals surface area contributed by atoms with E-state index < -0.39 is 0 Å². The molecule has 3 rings (SSSR count). The Balaban J connectivity index is 0.000001000. The molecule has 0 bridgehead atoms. The van der Waals surface area contributed by atoms with Crippen molar-refractivity contribution in [2.24, 2.45) is 5.92 Å². The molecule has 3 fully saturated rings. The van der Waals surface area contributed by atoms with E-state index >= 15 is 0 Å². The summed E-state index contributed by atoms with van der Waals surface area (Å²) in [5, 5.41) is 6.76. The molecule has 2 aliphatic heterocycles. The standard InChI is InChI=1S/C14H25N3O.2ClH/c18-14(11-4-6-15-7-5-11)13-10-16-8-9-17(13)12-2-1-3-12;;/h11-13,15-16H,1-10H2;2*1H. The lowest BCUT2D eigenvalue weighted by Gasteiger charge is -2.45. The van der Waals surface area contributed by atoms with Crippen LogP contribution in [0.5, 0.6) is 0 Å². The number of nitrogens with zero attached hydrogens (tertiary/aromatic N) is 1. The van der Waals surface area contributed by atoms with Crippen LogP contribution >= 0.6 is 24.8 Å². The van der Waals surface area contributed by atoms with Crippen LogP contribution in [0.15, 0.2) is 0 Å². The highest BCUT2D eigenvalue weighted by Crippen LogP contribution is 2.29. The van der Waals surface area contributed by atoms with Gasteiger partial charge in [0.05, 0.1) is 6.04 Å². The van der Waals surface area contributed by atoms with Gasteiger partial charge in [0.15, 0.2) is 5.78 Å². The summed E-state index contributed by atoms with van der Waals surface area (Å²) in [5.74, 6) is 0.814. The normalized spacial score (nSPS) is 28.9. The third-order valence-corrected chi connectivity index (χ3v) is 4.90. The van der Waals surface area contributed by atoms with Crippen LogP contribution < -0.4 is 10.6 Å². The summed E-state index contributed by atoms with van der Waals surface area (Å²) in [7, 11) is 0. The number of carbonyl (C=O) groups excluding carboxylic acids is 1. The Morgan fingerprint density at radius 3 is 2.25 bits per heavy atom. The van der Waals surface area contributed by atoms with Crippen LogP contribution in [0, 0.1) is 5.92 Å². The highest BCUT2D eigenvalue weighted by molar-refractivity contribution is 5.87. The molecule has 0 radical (unpaired) electrons. The molecule has 2 N–H and O–H groups in total. The molecular weight excluding hydrogens is 297 g/mol. The predicted octanol–water partition coefficient (Wildman–Crippen LogP) is 1.22. The van der Waals surface area contributed by atoms with Gasteiger partial charge in [-0.2, -0.15) is 0 Å². The Hall–Kier alpha value is 0.130. The molecule has 1 unspecified atom stereocenters. The molecule has 118 valence electrons. The summed E-state index contributed by atoms with van der Waals surface area (Å²) in [6.07, 6.45) is 6.02. The molecule has 2 heterocycles. The fourth-order valence-corrected chi connectivity index (χ4v) is 3.52. The Morgan fingerprint density at radius 1 is 0.950 bits per heavy atom. The second-order valence-corrected chi connectivity index (χ2v) is 5.97. The summed E-state index contributed by atoms with van der Waals surface area (Å²) in [4.78, 5) is 15.2. The van der Waals surface area contributed by atoms with Crippen molar-refractivity contribution in [3.8, 4) is 0 Å². The molecule has 1 aliphatic carbocycles. The maximum absolute atomic E-state index is 12.7. The van der Waals surface area contributed by atoms with Crippen molar-refractivity contribution in [3.63, 3.8) is 0 Å². The van der Waals surface area contributed by atoms with Crippen molar-refractivity contribution in [1.29, 1.82) is 0 Å². The van der Waals surface area contributed by atoms with Gasteiger partial charge in [-0.15, -0.1) is 24.8 Å². The number of nitrogens with one attached hydrogen (secondary N) is 2. The number of halogens is 2. The number of hydrogen-bond acceptors (Lipinski definition) is 4. The number of Topliss-reactive ketones (excluding diaryl/α,β-unsaturated/α-hetero) is 1. The van der Waals surface area contributed by atoms with Gasteiger partial charge in [0.1, 0.15) is 0 Å². The van der Waals surface area contributed by atoms with Crippen LogP contribution in [0.1, 0.15) is 32.1 Å². The fraction of sp³-hybridized carbons (Fsp3) is 0.929. The zero-order chi connectivity index (χ0) is 12.4. The molecule has 20 heavy (non-hydrogen) atoms. The Bertz CT molecular complexity index is 307. The minimum atomic E-state index is 0. The third-order valence-electron chi connectivity index (χ3n) is 4.90. The molecular formula is C14H27Cl2N3O. The van der Waals surface area contributed by atoms with Crippen LogP contribution in [0.4, 0.5) is 0 Å². The molecule has 4 nitrogen and oxygen atoms in total. The van der Waals surface area contributed by atoms with Gasteiger partial charge in [-0.05, 0) is 38.8 Å². The summed E-state index contributed by atoms with van der Waals surface area (Å²) in [5.41, 5.74) is 0. The molecule has 1 saturated carbocycles. The molecule has 0 aromatic rings. The van der Waals surface area contributed by atoms with Crippen LogP contribution in [-0.4, -0.2) is 55.5 Å². The van der Waals surface area contributed by atoms with Crippen LogP contribution in [0.3, 0.4) is 0 Å². The van der Waals surface area contributed by atoms with Gasteiger partial charge in [-0.25, -0.2) is 0 Å². The quantitative estimate of drug-likeness (QED) is 0.820. The zero-order valence-electron chi connectivity index (χ0n) is 12.0. The molecule has 1 atom stereocenters. The average Bonchev–Trinajstić information content (AvgIpc) is 2.38. The molecule has 0 spiro atoms. The van der Waals surface area contributed by atoms with Crippen molar-refractivity contribution in [2.45, 2.75) is 44.2 Å². The maximum atomic E-state index is 12.7. The topological polar surface area (TPSA) is 44.4 Å². The van der Waals surface area contributed by atoms with Crippen molar-refractivity contribution < 1.29 is 4.79 Å². The van der Waals surface area contributed by atoms with Crippen molar-refractivity contribution in [2.75, 3.05) is 32.7 Å². The van der Waals surface area contributed by atoms with E-state index in [1.165, 1.54) is 19.3 Å². The first-order chi connectivity index (χ1) is 8.86. The molecule has 0 aromatic heterocycles. The van der Waals surface area contributed by atoms with E-state index in [-0.39, 0.29) is 30.9 Å². The highest BCUT2D eigenvalue weighted by atomic mass is 35.5. The second kappa shape index (κ2) is 8.54. The Labute approximate surface area is 134 Å². The number of hydrogen-bond donors (Lipinski definition) is 2.